The number of hydrogen-bond donors (Lipinski definition) is 1. The number of piperidine rings is 1. The molecule has 1 aliphatic heterocycles. The van der Waals surface area contributed by atoms with E-state index in [1.807, 2.05) is 36.9 Å². The molecule has 1 saturated heterocycles. The van der Waals surface area contributed by atoms with Crippen LogP contribution in [-0.2, 0) is 9.53 Å². The first-order valence-electron chi connectivity index (χ1n) is 7.17. The van der Waals surface area contributed by atoms with Gasteiger partial charge in [0, 0.05) is 18.7 Å². The van der Waals surface area contributed by atoms with Gasteiger partial charge in [-0.1, -0.05) is 17.7 Å². The number of likely N-dealkylation sites (tertiary alicyclic amines) is 1. The molecule has 0 aromatic heterocycles. The van der Waals surface area contributed by atoms with Crippen molar-refractivity contribution in [2.24, 2.45) is 0 Å². The first-order valence-corrected chi connectivity index (χ1v) is 7.17. The van der Waals surface area contributed by atoms with Crippen LogP contribution >= 0.6 is 0 Å². The third kappa shape index (κ3) is 4.04. The fraction of sp³-hybridized carbons (Fsp3) is 0.500. The van der Waals surface area contributed by atoms with Gasteiger partial charge in [0.05, 0.1) is 6.10 Å². The SMILES string of the molecule is Cc1ccc(C)c(C(=O)N2CCC(OCC(=O)O)CC2)c1. The molecule has 0 spiro atoms. The van der Waals surface area contributed by atoms with Crippen molar-refractivity contribution in [1.29, 1.82) is 0 Å². The average Bonchev–Trinajstić information content (AvgIpc) is 2.47. The summed E-state index contributed by atoms with van der Waals surface area (Å²) in [6, 6.07) is 5.88. The average molecular weight is 291 g/mol. The summed E-state index contributed by atoms with van der Waals surface area (Å²) in [5.74, 6) is -0.906. The molecular formula is C16H21NO4. The Hall–Kier alpha value is -1.88. The number of aryl methyl sites for hydroxylation is 2. The van der Waals surface area contributed by atoms with Crippen molar-refractivity contribution < 1.29 is 19.4 Å². The van der Waals surface area contributed by atoms with E-state index < -0.39 is 5.97 Å². The lowest BCUT2D eigenvalue weighted by molar-refractivity contribution is -0.145. The largest absolute Gasteiger partial charge is 0.480 e. The standard InChI is InChI=1S/C16H21NO4/c1-11-3-4-12(2)14(9-11)16(20)17-7-5-13(6-8-17)21-10-15(18)19/h3-4,9,13H,5-8,10H2,1-2H3,(H,18,19). The van der Waals surface area contributed by atoms with Crippen molar-refractivity contribution in [3.05, 3.63) is 34.9 Å². The van der Waals surface area contributed by atoms with Crippen LogP contribution in [0.1, 0.15) is 34.3 Å². The van der Waals surface area contributed by atoms with Gasteiger partial charge in [-0.25, -0.2) is 4.79 Å². The number of nitrogens with zero attached hydrogens (tertiary/aromatic N) is 1. The summed E-state index contributed by atoms with van der Waals surface area (Å²) in [5.41, 5.74) is 2.80. The summed E-state index contributed by atoms with van der Waals surface area (Å²) in [4.78, 5) is 24.8. The number of aliphatic carboxylic acids is 1. The maximum atomic E-state index is 12.5. The smallest absolute Gasteiger partial charge is 0.329 e. The van der Waals surface area contributed by atoms with E-state index >= 15 is 0 Å². The molecule has 1 fully saturated rings. The van der Waals surface area contributed by atoms with Crippen molar-refractivity contribution >= 4 is 11.9 Å². The van der Waals surface area contributed by atoms with Crippen molar-refractivity contribution in [3.8, 4) is 0 Å². The number of amides is 1. The molecule has 0 bridgehead atoms. The Bertz CT molecular complexity index is 533. The van der Waals surface area contributed by atoms with Crippen LogP contribution in [0, 0.1) is 13.8 Å². The second-order valence-corrected chi connectivity index (χ2v) is 5.51. The van der Waals surface area contributed by atoms with Crippen LogP contribution in [0.15, 0.2) is 18.2 Å². The van der Waals surface area contributed by atoms with Crippen LogP contribution in [0.4, 0.5) is 0 Å². The highest BCUT2D eigenvalue weighted by molar-refractivity contribution is 5.95. The van der Waals surface area contributed by atoms with Crippen molar-refractivity contribution in [3.63, 3.8) is 0 Å². The minimum Gasteiger partial charge on any atom is -0.480 e. The maximum Gasteiger partial charge on any atom is 0.329 e. The first kappa shape index (κ1) is 15.5. The summed E-state index contributed by atoms with van der Waals surface area (Å²) in [5, 5.41) is 8.60. The Morgan fingerprint density at radius 3 is 2.57 bits per heavy atom. The lowest BCUT2D eigenvalue weighted by Gasteiger charge is -2.32. The van der Waals surface area contributed by atoms with Gasteiger partial charge in [-0.2, -0.15) is 0 Å². The molecule has 114 valence electrons. The Kier molecular flexibility index (Phi) is 4.96. The summed E-state index contributed by atoms with van der Waals surface area (Å²) >= 11 is 0. The highest BCUT2D eigenvalue weighted by Crippen LogP contribution is 2.19. The van der Waals surface area contributed by atoms with Gasteiger partial charge >= 0.3 is 5.97 Å². The number of benzene rings is 1. The van der Waals surface area contributed by atoms with E-state index in [0.29, 0.717) is 25.9 Å². The lowest BCUT2D eigenvalue weighted by atomic mass is 10.0. The molecule has 1 heterocycles. The normalized spacial score (nSPS) is 16.0. The quantitative estimate of drug-likeness (QED) is 0.921. The Balaban J connectivity index is 1.94. The molecule has 1 aliphatic rings. The van der Waals surface area contributed by atoms with E-state index in [-0.39, 0.29) is 18.6 Å². The van der Waals surface area contributed by atoms with E-state index in [9.17, 15) is 9.59 Å². The molecule has 1 amide bonds. The zero-order valence-electron chi connectivity index (χ0n) is 12.5. The molecule has 0 unspecified atom stereocenters. The highest BCUT2D eigenvalue weighted by Gasteiger charge is 2.25. The third-order valence-corrected chi connectivity index (χ3v) is 3.80. The molecule has 1 aromatic carbocycles. The summed E-state index contributed by atoms with van der Waals surface area (Å²) in [7, 11) is 0. The molecule has 5 nitrogen and oxygen atoms in total. The molecule has 1 aromatic rings. The van der Waals surface area contributed by atoms with Gasteiger partial charge in [-0.3, -0.25) is 4.79 Å². The van der Waals surface area contributed by atoms with Gasteiger partial charge in [0.15, 0.2) is 0 Å². The molecular weight excluding hydrogens is 270 g/mol. The number of hydrogen-bond acceptors (Lipinski definition) is 3. The number of carbonyl (C=O) groups is 2. The van der Waals surface area contributed by atoms with Crippen molar-refractivity contribution in [1.82, 2.24) is 4.90 Å². The van der Waals surface area contributed by atoms with Crippen LogP contribution in [0.25, 0.3) is 0 Å². The van der Waals surface area contributed by atoms with E-state index in [1.165, 1.54) is 0 Å². The molecule has 0 saturated carbocycles. The second kappa shape index (κ2) is 6.72. The predicted octanol–water partition coefficient (Wildman–Crippen LogP) is 2.01. The number of rotatable bonds is 4. The van der Waals surface area contributed by atoms with Gasteiger partial charge in [0.25, 0.3) is 5.91 Å². The maximum absolute atomic E-state index is 12.5. The van der Waals surface area contributed by atoms with Crippen LogP contribution in [0.3, 0.4) is 0 Å². The fourth-order valence-corrected chi connectivity index (χ4v) is 2.55. The molecule has 0 radical (unpaired) electrons. The molecule has 21 heavy (non-hydrogen) atoms. The molecule has 0 aliphatic carbocycles. The molecule has 0 atom stereocenters. The van der Waals surface area contributed by atoms with Gasteiger partial charge in [0.1, 0.15) is 6.61 Å². The number of ether oxygens (including phenoxy) is 1. The van der Waals surface area contributed by atoms with Crippen LogP contribution in [-0.4, -0.2) is 47.7 Å². The number of carboxylic acid groups (broad SMARTS) is 1. The molecule has 1 N–H and O–H groups in total. The Labute approximate surface area is 124 Å². The summed E-state index contributed by atoms with van der Waals surface area (Å²) in [6.07, 6.45) is 1.30. The zero-order valence-corrected chi connectivity index (χ0v) is 12.5. The van der Waals surface area contributed by atoms with E-state index in [1.54, 1.807) is 0 Å². The van der Waals surface area contributed by atoms with Crippen LogP contribution < -0.4 is 0 Å². The lowest BCUT2D eigenvalue weighted by Crippen LogP contribution is -2.41. The highest BCUT2D eigenvalue weighted by atomic mass is 16.5. The Morgan fingerprint density at radius 2 is 1.95 bits per heavy atom. The molecule has 2 rings (SSSR count). The minimum absolute atomic E-state index is 0.0490. The van der Waals surface area contributed by atoms with Crippen LogP contribution in [0.2, 0.25) is 0 Å². The van der Waals surface area contributed by atoms with Crippen LogP contribution in [0.5, 0.6) is 0 Å². The van der Waals surface area contributed by atoms with Gasteiger partial charge < -0.3 is 14.7 Å². The van der Waals surface area contributed by atoms with E-state index in [4.69, 9.17) is 9.84 Å². The monoisotopic (exact) mass is 291 g/mol. The van der Waals surface area contributed by atoms with Gasteiger partial charge in [0.2, 0.25) is 0 Å². The fourth-order valence-electron chi connectivity index (χ4n) is 2.55. The minimum atomic E-state index is -0.955. The van der Waals surface area contributed by atoms with Crippen molar-refractivity contribution in [2.45, 2.75) is 32.8 Å². The van der Waals surface area contributed by atoms with E-state index in [2.05, 4.69) is 0 Å². The Morgan fingerprint density at radius 1 is 1.29 bits per heavy atom. The molecule has 5 heteroatoms. The zero-order chi connectivity index (χ0) is 15.4. The first-order chi connectivity index (χ1) is 9.97. The summed E-state index contributed by atoms with van der Waals surface area (Å²) < 4.78 is 5.28. The third-order valence-electron chi connectivity index (χ3n) is 3.80. The van der Waals surface area contributed by atoms with Gasteiger partial charge in [-0.15, -0.1) is 0 Å². The number of carboxylic acids is 1. The van der Waals surface area contributed by atoms with E-state index in [0.717, 1.165) is 16.7 Å². The number of carbonyl (C=O) groups excluding carboxylic acids is 1. The summed E-state index contributed by atoms with van der Waals surface area (Å²) in [6.45, 7) is 4.86. The second-order valence-electron chi connectivity index (χ2n) is 5.51. The topological polar surface area (TPSA) is 66.8 Å². The van der Waals surface area contributed by atoms with Gasteiger partial charge in [-0.05, 0) is 38.3 Å². The predicted molar refractivity (Wildman–Crippen MR) is 78.4 cm³/mol. The van der Waals surface area contributed by atoms with Crippen molar-refractivity contribution in [2.75, 3.05) is 19.7 Å².